The van der Waals surface area contributed by atoms with Gasteiger partial charge in [0.15, 0.2) is 17.3 Å². The zero-order valence-electron chi connectivity index (χ0n) is 26.2. The summed E-state index contributed by atoms with van der Waals surface area (Å²) in [6.07, 6.45) is 5.53. The van der Waals surface area contributed by atoms with E-state index in [9.17, 15) is 4.79 Å². The Bertz CT molecular complexity index is 1590. The molecule has 4 heterocycles. The first-order valence-electron chi connectivity index (χ1n) is 16.0. The molecule has 0 radical (unpaired) electrons. The van der Waals surface area contributed by atoms with E-state index < -0.39 is 5.91 Å². The zero-order chi connectivity index (χ0) is 31.2. The van der Waals surface area contributed by atoms with E-state index in [1.54, 1.807) is 24.7 Å². The van der Waals surface area contributed by atoms with Gasteiger partial charge in [-0.2, -0.15) is 0 Å². The Morgan fingerprint density at radius 2 is 1.78 bits per heavy atom. The van der Waals surface area contributed by atoms with Crippen LogP contribution in [0.15, 0.2) is 59.0 Å². The first-order valence-corrected chi connectivity index (χ1v) is 16.0. The van der Waals surface area contributed by atoms with Crippen molar-refractivity contribution in [3.05, 3.63) is 71.5 Å². The molecular weight excluding hydrogens is 570 g/mol. The van der Waals surface area contributed by atoms with Crippen molar-refractivity contribution in [2.75, 3.05) is 51.8 Å². The Kier molecular flexibility index (Phi) is 9.83. The number of piperidine rings is 1. The van der Waals surface area contributed by atoms with Gasteiger partial charge in [-0.05, 0) is 94.1 Å². The predicted octanol–water partition coefficient (Wildman–Crippen LogP) is 5.87. The number of carbonyl (C=O) groups is 1. The van der Waals surface area contributed by atoms with Gasteiger partial charge in [0, 0.05) is 54.9 Å². The Hall–Kier alpha value is -4.12. The van der Waals surface area contributed by atoms with Crippen molar-refractivity contribution in [2.24, 2.45) is 0 Å². The number of rotatable bonds is 12. The van der Waals surface area contributed by atoms with Gasteiger partial charge < -0.3 is 24.1 Å². The molecule has 2 aromatic heterocycles. The van der Waals surface area contributed by atoms with Crippen LogP contribution in [0.5, 0.6) is 11.5 Å². The lowest BCUT2D eigenvalue weighted by Gasteiger charge is -2.33. The Balaban J connectivity index is 1.16. The second-order valence-corrected chi connectivity index (χ2v) is 12.1. The lowest BCUT2D eigenvalue weighted by molar-refractivity contribution is 0.0706. The fourth-order valence-corrected chi connectivity index (χ4v) is 6.34. The summed E-state index contributed by atoms with van der Waals surface area (Å²) in [6, 6.07) is 17.7. The van der Waals surface area contributed by atoms with Gasteiger partial charge in [-0.1, -0.05) is 12.1 Å². The molecule has 4 aromatic rings. The maximum absolute atomic E-state index is 11.6. The molecule has 2 saturated heterocycles. The Labute approximate surface area is 264 Å². The maximum Gasteiger partial charge on any atom is 0.274 e. The Morgan fingerprint density at radius 1 is 1.00 bits per heavy atom. The maximum atomic E-state index is 11.6. The molecule has 1 amide bonds. The van der Waals surface area contributed by atoms with E-state index in [1.165, 1.54) is 25.9 Å². The molecule has 0 unspecified atom stereocenters. The summed E-state index contributed by atoms with van der Waals surface area (Å²) in [5, 5.41) is 13.7. The monoisotopic (exact) mass is 613 g/mol. The van der Waals surface area contributed by atoms with Gasteiger partial charge in [-0.3, -0.25) is 14.9 Å². The largest absolute Gasteiger partial charge is 0.493 e. The normalized spacial score (nSPS) is 16.2. The number of anilines is 1. The molecule has 10 nitrogen and oxygen atoms in total. The highest BCUT2D eigenvalue weighted by Gasteiger charge is 2.22. The van der Waals surface area contributed by atoms with Crippen molar-refractivity contribution in [1.29, 1.82) is 0 Å². The van der Waals surface area contributed by atoms with Crippen LogP contribution in [-0.2, 0) is 6.54 Å². The molecule has 6 rings (SSSR count). The minimum atomic E-state index is -0.503. The van der Waals surface area contributed by atoms with E-state index in [0.717, 1.165) is 84.8 Å². The van der Waals surface area contributed by atoms with Gasteiger partial charge in [-0.25, -0.2) is 10.5 Å². The molecule has 0 atom stereocenters. The van der Waals surface area contributed by atoms with Crippen molar-refractivity contribution in [3.8, 4) is 23.0 Å². The number of methoxy groups -OCH3 is 1. The van der Waals surface area contributed by atoms with Crippen molar-refractivity contribution >= 4 is 22.5 Å². The van der Waals surface area contributed by atoms with Crippen LogP contribution in [0.25, 0.3) is 22.4 Å². The molecule has 0 aliphatic carbocycles. The van der Waals surface area contributed by atoms with Gasteiger partial charge in [0.2, 0.25) is 0 Å². The van der Waals surface area contributed by atoms with Gasteiger partial charge in [0.1, 0.15) is 11.5 Å². The number of pyridine rings is 1. The van der Waals surface area contributed by atoms with Crippen LogP contribution in [0.1, 0.15) is 53.8 Å². The fraction of sp³-hybridized carbons (Fsp3) is 0.429. The number of benzene rings is 2. The average molecular weight is 614 g/mol. The van der Waals surface area contributed by atoms with E-state index in [1.807, 2.05) is 43.3 Å². The number of ether oxygens (including phenoxy) is 2. The summed E-state index contributed by atoms with van der Waals surface area (Å²) >= 11 is 0. The van der Waals surface area contributed by atoms with E-state index in [2.05, 4.69) is 21.2 Å². The highest BCUT2D eigenvalue weighted by molar-refractivity contribution is 5.96. The summed E-state index contributed by atoms with van der Waals surface area (Å²) in [5.41, 5.74) is 5.85. The molecule has 45 heavy (non-hydrogen) atoms. The topological polar surface area (TPSA) is 112 Å². The summed E-state index contributed by atoms with van der Waals surface area (Å²) in [6.45, 7) is 8.70. The van der Waals surface area contributed by atoms with E-state index in [4.69, 9.17) is 24.1 Å². The molecular formula is C35H43N5O5. The molecule has 2 aliphatic heterocycles. The number of nitrogens with zero attached hydrogens (tertiary/aromatic N) is 3. The summed E-state index contributed by atoms with van der Waals surface area (Å²) < 4.78 is 18.0. The minimum Gasteiger partial charge on any atom is -0.493 e. The van der Waals surface area contributed by atoms with Crippen LogP contribution >= 0.6 is 0 Å². The summed E-state index contributed by atoms with van der Waals surface area (Å²) in [7, 11) is 1.68. The Morgan fingerprint density at radius 3 is 2.47 bits per heavy atom. The molecule has 238 valence electrons. The lowest BCUT2D eigenvalue weighted by atomic mass is 10.0. The number of hydroxylamine groups is 1. The second kappa shape index (κ2) is 14.3. The van der Waals surface area contributed by atoms with Gasteiger partial charge in [0.05, 0.1) is 19.2 Å². The van der Waals surface area contributed by atoms with Crippen LogP contribution in [0.2, 0.25) is 0 Å². The van der Waals surface area contributed by atoms with E-state index in [0.29, 0.717) is 29.7 Å². The van der Waals surface area contributed by atoms with Crippen molar-refractivity contribution in [1.82, 2.24) is 20.3 Å². The number of carbonyl (C=O) groups excluding carboxylic acids is 1. The lowest BCUT2D eigenvalue weighted by Crippen LogP contribution is -2.38. The predicted molar refractivity (Wildman–Crippen MR) is 174 cm³/mol. The molecule has 0 spiro atoms. The molecule has 3 N–H and O–H groups in total. The van der Waals surface area contributed by atoms with Gasteiger partial charge >= 0.3 is 0 Å². The third kappa shape index (κ3) is 7.58. The number of aromatic nitrogens is 1. The molecule has 2 aromatic carbocycles. The first kappa shape index (κ1) is 30.9. The average Bonchev–Trinajstić information content (AvgIpc) is 3.75. The number of fused-ring (bicyclic) bond motifs is 1. The highest BCUT2D eigenvalue weighted by Crippen LogP contribution is 2.38. The number of hydrogen-bond acceptors (Lipinski definition) is 9. The smallest absolute Gasteiger partial charge is 0.274 e. The molecule has 2 aliphatic rings. The number of furan rings is 1. The number of likely N-dealkylation sites (tertiary alicyclic amines) is 2. The van der Waals surface area contributed by atoms with Crippen LogP contribution in [0.3, 0.4) is 0 Å². The summed E-state index contributed by atoms with van der Waals surface area (Å²) in [5.74, 6) is 2.48. The molecule has 10 heteroatoms. The van der Waals surface area contributed by atoms with Crippen molar-refractivity contribution in [3.63, 3.8) is 0 Å². The quantitative estimate of drug-likeness (QED) is 0.103. The van der Waals surface area contributed by atoms with Gasteiger partial charge in [0.25, 0.3) is 5.91 Å². The standard InChI is InChI=1S/C35H43N5O5/c1-24-6-11-32(45-24)31-21-29(36-27-12-17-40(18-13-27)23-25-7-9-26(10-8-25)35(41)38-42)28-20-33(43-2)34(22-30(28)37-31)44-19-5-16-39-14-3-4-15-39/h6-11,20-22,27,42H,3-5,12-19,23H2,1-2H3,(H,36,37)(H,38,41). The molecule has 0 saturated carbocycles. The van der Waals surface area contributed by atoms with Crippen LogP contribution in [-0.4, -0.2) is 78.4 Å². The summed E-state index contributed by atoms with van der Waals surface area (Å²) in [4.78, 5) is 21.6. The zero-order valence-corrected chi connectivity index (χ0v) is 26.2. The van der Waals surface area contributed by atoms with Gasteiger partial charge in [-0.15, -0.1) is 0 Å². The SMILES string of the molecule is COc1cc2c(NC3CCN(Cc4ccc(C(=O)NO)cc4)CC3)cc(-c3ccc(C)o3)nc2cc1OCCCN1CCCC1. The highest BCUT2D eigenvalue weighted by atomic mass is 16.5. The molecule has 0 bridgehead atoms. The second-order valence-electron chi connectivity index (χ2n) is 12.1. The van der Waals surface area contributed by atoms with Crippen molar-refractivity contribution in [2.45, 2.75) is 51.6 Å². The third-order valence-corrected chi connectivity index (χ3v) is 8.83. The number of aryl methyl sites for hydroxylation is 1. The number of hydrogen-bond donors (Lipinski definition) is 3. The molecule has 2 fully saturated rings. The van der Waals surface area contributed by atoms with Crippen molar-refractivity contribution < 1.29 is 23.9 Å². The van der Waals surface area contributed by atoms with Crippen LogP contribution in [0.4, 0.5) is 5.69 Å². The van der Waals surface area contributed by atoms with E-state index in [-0.39, 0.29) is 0 Å². The third-order valence-electron chi connectivity index (χ3n) is 8.83. The van der Waals surface area contributed by atoms with Crippen LogP contribution in [0, 0.1) is 6.92 Å². The van der Waals surface area contributed by atoms with E-state index >= 15 is 0 Å². The fourth-order valence-electron chi connectivity index (χ4n) is 6.34. The minimum absolute atomic E-state index is 0.293. The first-order chi connectivity index (χ1) is 22.0. The van der Waals surface area contributed by atoms with Crippen LogP contribution < -0.4 is 20.3 Å². The number of nitrogens with one attached hydrogen (secondary N) is 2. The number of amides is 1.